The molecular weight excluding hydrogens is 274 g/mol. The summed E-state index contributed by atoms with van der Waals surface area (Å²) in [5.41, 5.74) is 11.7. The minimum Gasteiger partial charge on any atom is -0.328 e. The Labute approximate surface area is 132 Å². The maximum Gasteiger partial charge on any atom is 0.0151 e. The first-order valence-electron chi connectivity index (χ1n) is 7.76. The molecule has 0 spiro atoms. The number of fused-ring (bicyclic) bond motifs is 1. The predicted octanol–water partition coefficient (Wildman–Crippen LogP) is 4.52. The summed E-state index contributed by atoms with van der Waals surface area (Å²) in [4.78, 5) is 2.71. The van der Waals surface area contributed by atoms with Crippen LogP contribution in [0, 0.1) is 6.92 Å². The standard InChI is InChI=1S/C19H23NS/c1-13-10-15(11-14(2)20)6-9-19(13)21-18-8-7-16-4-3-5-17(16)12-18/h6-10,12,14H,3-5,11,20H2,1-2H3. The van der Waals surface area contributed by atoms with Crippen LogP contribution in [0.1, 0.15) is 35.6 Å². The van der Waals surface area contributed by atoms with Crippen LogP contribution in [0.2, 0.25) is 0 Å². The molecular formula is C19H23NS. The molecule has 1 nitrogen and oxygen atoms in total. The molecule has 1 atom stereocenters. The number of benzene rings is 2. The van der Waals surface area contributed by atoms with Gasteiger partial charge in [-0.15, -0.1) is 0 Å². The summed E-state index contributed by atoms with van der Waals surface area (Å²) in [5, 5.41) is 0. The SMILES string of the molecule is Cc1cc(CC(C)N)ccc1Sc1ccc2c(c1)CCC2. The highest BCUT2D eigenvalue weighted by Gasteiger charge is 2.12. The summed E-state index contributed by atoms with van der Waals surface area (Å²) in [6.07, 6.45) is 4.76. The van der Waals surface area contributed by atoms with Gasteiger partial charge in [-0.05, 0) is 80.0 Å². The maximum atomic E-state index is 5.88. The van der Waals surface area contributed by atoms with Crippen molar-refractivity contribution < 1.29 is 0 Å². The van der Waals surface area contributed by atoms with Gasteiger partial charge in [-0.2, -0.15) is 0 Å². The lowest BCUT2D eigenvalue weighted by Crippen LogP contribution is -2.17. The number of hydrogen-bond acceptors (Lipinski definition) is 2. The summed E-state index contributed by atoms with van der Waals surface area (Å²) in [7, 11) is 0. The van der Waals surface area contributed by atoms with E-state index in [1.807, 2.05) is 11.8 Å². The first-order valence-corrected chi connectivity index (χ1v) is 8.58. The number of rotatable bonds is 4. The molecule has 2 heteroatoms. The number of hydrogen-bond donors (Lipinski definition) is 1. The molecule has 0 aromatic heterocycles. The largest absolute Gasteiger partial charge is 0.328 e. The van der Waals surface area contributed by atoms with Crippen LogP contribution in [0.4, 0.5) is 0 Å². The van der Waals surface area contributed by atoms with E-state index in [0.29, 0.717) is 0 Å². The Morgan fingerprint density at radius 1 is 1.10 bits per heavy atom. The van der Waals surface area contributed by atoms with E-state index in [-0.39, 0.29) is 6.04 Å². The molecule has 1 unspecified atom stereocenters. The van der Waals surface area contributed by atoms with Crippen LogP contribution >= 0.6 is 11.8 Å². The van der Waals surface area contributed by atoms with E-state index < -0.39 is 0 Å². The molecule has 0 saturated heterocycles. The minimum absolute atomic E-state index is 0.222. The fourth-order valence-electron chi connectivity index (χ4n) is 3.06. The fourth-order valence-corrected chi connectivity index (χ4v) is 4.01. The third-order valence-electron chi connectivity index (χ3n) is 4.09. The van der Waals surface area contributed by atoms with Crippen molar-refractivity contribution in [3.63, 3.8) is 0 Å². The highest BCUT2D eigenvalue weighted by Crippen LogP contribution is 2.34. The van der Waals surface area contributed by atoms with Crippen molar-refractivity contribution in [2.45, 2.75) is 55.4 Å². The topological polar surface area (TPSA) is 26.0 Å². The zero-order chi connectivity index (χ0) is 14.8. The van der Waals surface area contributed by atoms with E-state index in [9.17, 15) is 0 Å². The maximum absolute atomic E-state index is 5.88. The van der Waals surface area contributed by atoms with E-state index >= 15 is 0 Å². The highest BCUT2D eigenvalue weighted by molar-refractivity contribution is 7.99. The Morgan fingerprint density at radius 2 is 1.90 bits per heavy atom. The molecule has 2 aromatic carbocycles. The van der Waals surface area contributed by atoms with Gasteiger partial charge in [0.15, 0.2) is 0 Å². The molecule has 21 heavy (non-hydrogen) atoms. The van der Waals surface area contributed by atoms with Crippen molar-refractivity contribution in [3.8, 4) is 0 Å². The second-order valence-electron chi connectivity index (χ2n) is 6.17. The molecule has 2 N–H and O–H groups in total. The van der Waals surface area contributed by atoms with Crippen LogP contribution < -0.4 is 5.73 Å². The van der Waals surface area contributed by atoms with Crippen molar-refractivity contribution in [1.29, 1.82) is 0 Å². The zero-order valence-electron chi connectivity index (χ0n) is 12.9. The van der Waals surface area contributed by atoms with Gasteiger partial charge in [-0.3, -0.25) is 0 Å². The fraction of sp³-hybridized carbons (Fsp3) is 0.368. The van der Waals surface area contributed by atoms with Gasteiger partial charge in [0.1, 0.15) is 0 Å². The van der Waals surface area contributed by atoms with Gasteiger partial charge in [0.2, 0.25) is 0 Å². The average Bonchev–Trinajstić information content (AvgIpc) is 2.88. The third-order valence-corrected chi connectivity index (χ3v) is 5.26. The second kappa shape index (κ2) is 6.25. The Morgan fingerprint density at radius 3 is 2.67 bits per heavy atom. The van der Waals surface area contributed by atoms with Gasteiger partial charge < -0.3 is 5.73 Å². The summed E-state index contributed by atoms with van der Waals surface area (Å²) < 4.78 is 0. The van der Waals surface area contributed by atoms with Crippen molar-refractivity contribution in [3.05, 3.63) is 58.7 Å². The van der Waals surface area contributed by atoms with E-state index in [2.05, 4.69) is 50.2 Å². The molecule has 0 radical (unpaired) electrons. The second-order valence-corrected chi connectivity index (χ2v) is 7.28. The normalized spacial score (nSPS) is 15.0. The van der Waals surface area contributed by atoms with Crippen LogP contribution in [-0.4, -0.2) is 6.04 Å². The average molecular weight is 297 g/mol. The Hall–Kier alpha value is -1.25. The van der Waals surface area contributed by atoms with Gasteiger partial charge in [0.25, 0.3) is 0 Å². The van der Waals surface area contributed by atoms with Gasteiger partial charge >= 0.3 is 0 Å². The van der Waals surface area contributed by atoms with Crippen molar-refractivity contribution >= 4 is 11.8 Å². The molecule has 0 amide bonds. The van der Waals surface area contributed by atoms with Crippen LogP contribution in [0.15, 0.2) is 46.2 Å². The lowest BCUT2D eigenvalue weighted by Gasteiger charge is -2.11. The van der Waals surface area contributed by atoms with Gasteiger partial charge in [-0.1, -0.05) is 30.0 Å². The van der Waals surface area contributed by atoms with Crippen molar-refractivity contribution in [2.75, 3.05) is 0 Å². The van der Waals surface area contributed by atoms with E-state index in [1.54, 1.807) is 11.1 Å². The summed E-state index contributed by atoms with van der Waals surface area (Å²) in [5.74, 6) is 0. The monoisotopic (exact) mass is 297 g/mol. The molecule has 0 heterocycles. The molecule has 0 aliphatic heterocycles. The lowest BCUT2D eigenvalue weighted by atomic mass is 10.1. The van der Waals surface area contributed by atoms with E-state index in [1.165, 1.54) is 40.2 Å². The first-order chi connectivity index (χ1) is 10.1. The van der Waals surface area contributed by atoms with Gasteiger partial charge in [0, 0.05) is 15.8 Å². The summed E-state index contributed by atoms with van der Waals surface area (Å²) in [6.45, 7) is 4.25. The molecule has 0 fully saturated rings. The van der Waals surface area contributed by atoms with Gasteiger partial charge in [-0.25, -0.2) is 0 Å². The summed E-state index contributed by atoms with van der Waals surface area (Å²) in [6, 6.07) is 13.9. The molecule has 110 valence electrons. The molecule has 3 rings (SSSR count). The first kappa shape index (κ1) is 14.7. The van der Waals surface area contributed by atoms with Gasteiger partial charge in [0.05, 0.1) is 0 Å². The smallest absolute Gasteiger partial charge is 0.0151 e. The zero-order valence-corrected chi connectivity index (χ0v) is 13.7. The Bertz CT molecular complexity index is 646. The highest BCUT2D eigenvalue weighted by atomic mass is 32.2. The third kappa shape index (κ3) is 3.50. The Balaban J connectivity index is 1.78. The predicted molar refractivity (Wildman–Crippen MR) is 91.1 cm³/mol. The van der Waals surface area contributed by atoms with Crippen LogP contribution in [-0.2, 0) is 19.3 Å². The minimum atomic E-state index is 0.222. The molecule has 2 aromatic rings. The van der Waals surface area contributed by atoms with Crippen LogP contribution in [0.3, 0.4) is 0 Å². The van der Waals surface area contributed by atoms with Crippen molar-refractivity contribution in [2.24, 2.45) is 5.73 Å². The molecule has 1 aliphatic rings. The lowest BCUT2D eigenvalue weighted by molar-refractivity contribution is 0.737. The molecule has 1 aliphatic carbocycles. The molecule has 0 saturated carbocycles. The van der Waals surface area contributed by atoms with E-state index in [4.69, 9.17) is 5.73 Å². The number of aryl methyl sites for hydroxylation is 3. The van der Waals surface area contributed by atoms with Crippen LogP contribution in [0.25, 0.3) is 0 Å². The van der Waals surface area contributed by atoms with Crippen molar-refractivity contribution in [1.82, 2.24) is 0 Å². The Kier molecular flexibility index (Phi) is 4.37. The summed E-state index contributed by atoms with van der Waals surface area (Å²) >= 11 is 1.88. The molecule has 0 bridgehead atoms. The van der Waals surface area contributed by atoms with E-state index in [0.717, 1.165) is 6.42 Å². The van der Waals surface area contributed by atoms with Crippen LogP contribution in [0.5, 0.6) is 0 Å². The number of nitrogens with two attached hydrogens (primary N) is 1. The quantitative estimate of drug-likeness (QED) is 0.897.